The molecule has 0 radical (unpaired) electrons. The van der Waals surface area contributed by atoms with E-state index in [1.54, 1.807) is 13.3 Å². The Balaban J connectivity index is 2.31. The fourth-order valence-corrected chi connectivity index (χ4v) is 2.52. The van der Waals surface area contributed by atoms with Gasteiger partial charge in [-0.05, 0) is 35.0 Å². The Morgan fingerprint density at radius 2 is 2.00 bits per heavy atom. The highest BCUT2D eigenvalue weighted by Crippen LogP contribution is 2.36. The van der Waals surface area contributed by atoms with Crippen LogP contribution in [0, 0.1) is 0 Å². The van der Waals surface area contributed by atoms with E-state index in [2.05, 4.69) is 38.3 Å². The van der Waals surface area contributed by atoms with Gasteiger partial charge in [-0.1, -0.05) is 22.0 Å². The predicted molar refractivity (Wildman–Crippen MR) is 80.2 cm³/mol. The normalized spacial score (nSPS) is 10.8. The van der Waals surface area contributed by atoms with Crippen molar-refractivity contribution < 1.29 is 4.74 Å². The first kappa shape index (κ1) is 12.0. The molecule has 1 heterocycles. The van der Waals surface area contributed by atoms with Gasteiger partial charge in [0.25, 0.3) is 0 Å². The number of nitrogens with two attached hydrogens (primary N) is 1. The van der Waals surface area contributed by atoms with Gasteiger partial charge in [-0.2, -0.15) is 5.10 Å². The van der Waals surface area contributed by atoms with E-state index < -0.39 is 0 Å². The SMILES string of the molecule is COc1cc2ccc(Br)cc2cc1-c1cn[nH]c1N. The molecule has 0 aliphatic heterocycles. The summed E-state index contributed by atoms with van der Waals surface area (Å²) < 4.78 is 6.49. The number of aromatic nitrogens is 2. The van der Waals surface area contributed by atoms with Crippen molar-refractivity contribution in [2.24, 2.45) is 0 Å². The minimum atomic E-state index is 0.535. The summed E-state index contributed by atoms with van der Waals surface area (Å²) in [6.07, 6.45) is 1.71. The largest absolute Gasteiger partial charge is 0.496 e. The van der Waals surface area contributed by atoms with Gasteiger partial charge >= 0.3 is 0 Å². The summed E-state index contributed by atoms with van der Waals surface area (Å²) >= 11 is 3.48. The fraction of sp³-hybridized carbons (Fsp3) is 0.0714. The molecule has 0 fully saturated rings. The lowest BCUT2D eigenvalue weighted by atomic mass is 10.0. The smallest absolute Gasteiger partial charge is 0.127 e. The van der Waals surface area contributed by atoms with Gasteiger partial charge in [-0.3, -0.25) is 5.10 Å². The number of benzene rings is 2. The van der Waals surface area contributed by atoms with E-state index >= 15 is 0 Å². The number of anilines is 1. The fourth-order valence-electron chi connectivity index (χ4n) is 2.14. The first-order chi connectivity index (χ1) is 9.19. The molecule has 2 aromatic carbocycles. The van der Waals surface area contributed by atoms with Gasteiger partial charge in [-0.15, -0.1) is 0 Å². The molecular formula is C14H12BrN3O. The Bertz CT molecular complexity index is 752. The van der Waals surface area contributed by atoms with Crippen LogP contribution in [0.25, 0.3) is 21.9 Å². The predicted octanol–water partition coefficient (Wildman–Crippen LogP) is 3.58. The summed E-state index contributed by atoms with van der Waals surface area (Å²) in [5.74, 6) is 1.32. The molecule has 0 bridgehead atoms. The van der Waals surface area contributed by atoms with E-state index in [-0.39, 0.29) is 0 Å². The summed E-state index contributed by atoms with van der Waals surface area (Å²) in [5.41, 5.74) is 7.66. The third kappa shape index (κ3) is 2.06. The van der Waals surface area contributed by atoms with Gasteiger partial charge in [-0.25, -0.2) is 0 Å². The molecular weight excluding hydrogens is 306 g/mol. The lowest BCUT2D eigenvalue weighted by Crippen LogP contribution is -1.92. The number of aromatic amines is 1. The zero-order chi connectivity index (χ0) is 13.4. The van der Waals surface area contributed by atoms with Gasteiger partial charge in [0.1, 0.15) is 11.6 Å². The van der Waals surface area contributed by atoms with Gasteiger partial charge in [0.15, 0.2) is 0 Å². The standard InChI is InChI=1S/C14H12BrN3O/c1-19-13-6-8-2-3-10(15)4-9(8)5-11(13)12-7-17-18-14(12)16/h2-7H,1H3,(H3,16,17,18). The number of halogens is 1. The van der Waals surface area contributed by atoms with Crippen LogP contribution in [0.4, 0.5) is 5.82 Å². The topological polar surface area (TPSA) is 63.9 Å². The number of hydrogen-bond donors (Lipinski definition) is 2. The monoisotopic (exact) mass is 317 g/mol. The third-order valence-corrected chi connectivity index (χ3v) is 3.57. The van der Waals surface area contributed by atoms with Crippen molar-refractivity contribution in [1.29, 1.82) is 0 Å². The van der Waals surface area contributed by atoms with Crippen LogP contribution in [-0.4, -0.2) is 17.3 Å². The summed E-state index contributed by atoms with van der Waals surface area (Å²) in [6.45, 7) is 0. The lowest BCUT2D eigenvalue weighted by Gasteiger charge is -2.10. The molecule has 0 saturated carbocycles. The molecule has 3 N–H and O–H groups in total. The Morgan fingerprint density at radius 3 is 2.68 bits per heavy atom. The first-order valence-corrected chi connectivity index (χ1v) is 6.55. The van der Waals surface area contributed by atoms with Gasteiger partial charge < -0.3 is 10.5 Å². The molecule has 4 nitrogen and oxygen atoms in total. The van der Waals surface area contributed by atoms with Crippen molar-refractivity contribution in [2.45, 2.75) is 0 Å². The first-order valence-electron chi connectivity index (χ1n) is 5.75. The number of nitrogen functional groups attached to an aromatic ring is 1. The van der Waals surface area contributed by atoms with Crippen LogP contribution in [0.5, 0.6) is 5.75 Å². The second-order valence-corrected chi connectivity index (χ2v) is 5.16. The second kappa shape index (κ2) is 4.59. The number of hydrogen-bond acceptors (Lipinski definition) is 3. The molecule has 0 aliphatic rings. The molecule has 3 aromatic rings. The van der Waals surface area contributed by atoms with Crippen molar-refractivity contribution in [3.8, 4) is 16.9 Å². The summed E-state index contributed by atoms with van der Waals surface area (Å²) in [4.78, 5) is 0. The number of nitrogens with zero attached hydrogens (tertiary/aromatic N) is 1. The van der Waals surface area contributed by atoms with Crippen LogP contribution in [-0.2, 0) is 0 Å². The third-order valence-electron chi connectivity index (χ3n) is 3.08. The highest BCUT2D eigenvalue weighted by atomic mass is 79.9. The maximum atomic E-state index is 5.89. The van der Waals surface area contributed by atoms with Gasteiger partial charge in [0.05, 0.1) is 13.3 Å². The van der Waals surface area contributed by atoms with E-state index in [9.17, 15) is 0 Å². The van der Waals surface area contributed by atoms with Crippen LogP contribution in [0.3, 0.4) is 0 Å². The van der Waals surface area contributed by atoms with Crippen LogP contribution in [0.1, 0.15) is 0 Å². The molecule has 0 atom stereocenters. The highest BCUT2D eigenvalue weighted by Gasteiger charge is 2.12. The number of fused-ring (bicyclic) bond motifs is 1. The van der Waals surface area contributed by atoms with Crippen LogP contribution < -0.4 is 10.5 Å². The summed E-state index contributed by atoms with van der Waals surface area (Å²) in [6, 6.07) is 10.2. The molecule has 19 heavy (non-hydrogen) atoms. The minimum absolute atomic E-state index is 0.535. The molecule has 96 valence electrons. The average Bonchev–Trinajstić information content (AvgIpc) is 2.83. The molecule has 0 aliphatic carbocycles. The maximum absolute atomic E-state index is 5.89. The molecule has 0 spiro atoms. The summed E-state index contributed by atoms with van der Waals surface area (Å²) in [7, 11) is 1.65. The van der Waals surface area contributed by atoms with Crippen LogP contribution in [0.15, 0.2) is 41.0 Å². The molecule has 1 aromatic heterocycles. The number of H-pyrrole nitrogens is 1. The molecule has 0 saturated heterocycles. The minimum Gasteiger partial charge on any atom is -0.496 e. The summed E-state index contributed by atoms with van der Waals surface area (Å²) in [5, 5.41) is 8.93. The zero-order valence-electron chi connectivity index (χ0n) is 10.3. The van der Waals surface area contributed by atoms with Crippen molar-refractivity contribution in [3.63, 3.8) is 0 Å². The number of methoxy groups -OCH3 is 1. The molecule has 0 unspecified atom stereocenters. The Labute approximate surface area is 118 Å². The van der Waals surface area contributed by atoms with E-state index in [1.165, 1.54) is 0 Å². The average molecular weight is 318 g/mol. The van der Waals surface area contributed by atoms with E-state index in [4.69, 9.17) is 10.5 Å². The van der Waals surface area contributed by atoms with E-state index in [0.29, 0.717) is 5.82 Å². The maximum Gasteiger partial charge on any atom is 0.127 e. The van der Waals surface area contributed by atoms with Crippen molar-refractivity contribution in [3.05, 3.63) is 41.0 Å². The van der Waals surface area contributed by atoms with E-state index in [1.807, 2.05) is 18.2 Å². The number of nitrogens with one attached hydrogen (secondary N) is 1. The number of rotatable bonds is 2. The van der Waals surface area contributed by atoms with Crippen molar-refractivity contribution >= 4 is 32.5 Å². The van der Waals surface area contributed by atoms with E-state index in [0.717, 1.165) is 32.1 Å². The van der Waals surface area contributed by atoms with Crippen LogP contribution >= 0.6 is 15.9 Å². The Hall–Kier alpha value is -2.01. The quantitative estimate of drug-likeness (QED) is 0.759. The van der Waals surface area contributed by atoms with Crippen LogP contribution in [0.2, 0.25) is 0 Å². The Kier molecular flexibility index (Phi) is 2.91. The highest BCUT2D eigenvalue weighted by molar-refractivity contribution is 9.10. The van der Waals surface area contributed by atoms with Gasteiger partial charge in [0, 0.05) is 15.6 Å². The van der Waals surface area contributed by atoms with Gasteiger partial charge in [0.2, 0.25) is 0 Å². The zero-order valence-corrected chi connectivity index (χ0v) is 11.9. The Morgan fingerprint density at radius 1 is 1.16 bits per heavy atom. The number of ether oxygens (including phenoxy) is 1. The van der Waals surface area contributed by atoms with Crippen molar-refractivity contribution in [2.75, 3.05) is 12.8 Å². The second-order valence-electron chi connectivity index (χ2n) is 4.24. The lowest BCUT2D eigenvalue weighted by molar-refractivity contribution is 0.417. The molecule has 5 heteroatoms. The molecule has 3 rings (SSSR count). The van der Waals surface area contributed by atoms with Crippen molar-refractivity contribution in [1.82, 2.24) is 10.2 Å². The molecule has 0 amide bonds.